The number of aliphatic hydroxyl groups excluding tert-OH is 1. The molecule has 5 saturated heterocycles. The van der Waals surface area contributed by atoms with Gasteiger partial charge in [0.1, 0.15) is 47.2 Å². The third kappa shape index (κ3) is 11.0. The number of piperazine rings is 1. The fourth-order valence-corrected chi connectivity index (χ4v) is 14.3. The number of carbonyl (C=O) groups is 2. The Bertz CT molecular complexity index is 3540. The van der Waals surface area contributed by atoms with E-state index in [2.05, 4.69) is 51.4 Å². The third-order valence-electron chi connectivity index (χ3n) is 17.8. The van der Waals surface area contributed by atoms with E-state index in [0.717, 1.165) is 86.4 Å². The fourth-order valence-electron chi connectivity index (χ4n) is 13.4. The number of amides is 2. The summed E-state index contributed by atoms with van der Waals surface area (Å²) in [6.45, 7) is 13.7. The largest absolute Gasteiger partial charge is 0.508 e. The Labute approximate surface area is 479 Å². The van der Waals surface area contributed by atoms with Crippen molar-refractivity contribution >= 4 is 56.5 Å². The number of ether oxygens (including phenoxy) is 1. The maximum Gasteiger partial charge on any atom is 0.319 e. The number of phenolic OH excluding ortho intramolecular Hbond substituents is 1. The molecule has 5 aliphatic rings. The first-order chi connectivity index (χ1) is 39.7. The SMILES string of the molecule is C#Cc1c(F)ccc2cc(O)cc(-c3ncc4c(N5CC6CCC(C5)N6)nc(OCCN5CCC(C6CCN(c7cc(C(C(=O)N8C[C@H](O)C[C@H]8C(=O)NC(C)c8ccc(-c9scnc9C)cc8)C(C)C)on7)CC6)CC5)nc4c3F)c12. The molecule has 4 aromatic heterocycles. The number of aliphatic hydroxyl groups is 1. The number of hydrogen-bond donors (Lipinski definition) is 4. The number of aromatic hydroxyl groups is 1. The number of fused-ring (bicyclic) bond motifs is 4. The number of aromatic nitrogens is 5. The van der Waals surface area contributed by atoms with Crippen LogP contribution in [0.5, 0.6) is 11.8 Å². The average molecular weight is 1130 g/mol. The highest BCUT2D eigenvalue weighted by molar-refractivity contribution is 7.13. The topological polar surface area (TPSA) is 198 Å². The Morgan fingerprint density at radius 1 is 0.927 bits per heavy atom. The van der Waals surface area contributed by atoms with Gasteiger partial charge in [-0.25, -0.2) is 13.8 Å². The van der Waals surface area contributed by atoms with Crippen molar-refractivity contribution in [1.29, 1.82) is 0 Å². The van der Waals surface area contributed by atoms with Crippen molar-refractivity contribution in [3.8, 4) is 45.8 Å². The van der Waals surface area contributed by atoms with Crippen molar-refractivity contribution in [3.05, 3.63) is 101 Å². The van der Waals surface area contributed by atoms with Crippen molar-refractivity contribution in [2.24, 2.45) is 17.8 Å². The van der Waals surface area contributed by atoms with Crippen molar-refractivity contribution in [2.45, 2.75) is 109 Å². The molecule has 20 heteroatoms. The highest BCUT2D eigenvalue weighted by atomic mass is 32.1. The first-order valence-electron chi connectivity index (χ1n) is 28.8. The maximum absolute atomic E-state index is 17.1. The van der Waals surface area contributed by atoms with Crippen LogP contribution in [0.4, 0.5) is 20.4 Å². The minimum absolute atomic E-state index is 0.0131. The summed E-state index contributed by atoms with van der Waals surface area (Å²) in [6.07, 6.45) is 12.8. The minimum atomic E-state index is -0.829. The van der Waals surface area contributed by atoms with Crippen LogP contribution >= 0.6 is 11.3 Å². The summed E-state index contributed by atoms with van der Waals surface area (Å²) in [5.41, 5.74) is 4.79. The number of nitrogens with one attached hydrogen (secondary N) is 2. The molecule has 2 amide bonds. The maximum atomic E-state index is 17.1. The van der Waals surface area contributed by atoms with Gasteiger partial charge in [0.25, 0.3) is 0 Å². The molecular formula is C62H69F2N11O6S. The second kappa shape index (κ2) is 23.1. The molecule has 0 spiro atoms. The van der Waals surface area contributed by atoms with Gasteiger partial charge in [-0.15, -0.1) is 17.8 Å². The molecule has 5 fully saturated rings. The van der Waals surface area contributed by atoms with Gasteiger partial charge in [0.05, 0.1) is 39.2 Å². The lowest BCUT2D eigenvalue weighted by Gasteiger charge is -2.40. The zero-order chi connectivity index (χ0) is 56.9. The zero-order valence-corrected chi connectivity index (χ0v) is 47.5. The predicted molar refractivity (Wildman–Crippen MR) is 311 cm³/mol. The second-order valence-corrected chi connectivity index (χ2v) is 24.2. The Morgan fingerprint density at radius 2 is 1.66 bits per heavy atom. The van der Waals surface area contributed by atoms with Crippen molar-refractivity contribution in [1.82, 2.24) is 45.5 Å². The summed E-state index contributed by atoms with van der Waals surface area (Å²) in [4.78, 5) is 56.2. The van der Waals surface area contributed by atoms with E-state index in [-0.39, 0.29) is 88.3 Å². The highest BCUT2D eigenvalue weighted by Crippen LogP contribution is 2.41. The molecule has 0 radical (unpaired) electrons. The smallest absolute Gasteiger partial charge is 0.319 e. The molecule has 17 nitrogen and oxygen atoms in total. The van der Waals surface area contributed by atoms with Crippen molar-refractivity contribution in [3.63, 3.8) is 0 Å². The molecule has 9 heterocycles. The summed E-state index contributed by atoms with van der Waals surface area (Å²) in [5, 5.41) is 33.9. The first kappa shape index (κ1) is 55.2. The molecule has 5 aliphatic heterocycles. The summed E-state index contributed by atoms with van der Waals surface area (Å²) in [7, 11) is 0. The number of β-amino-alcohol motifs (C(OH)–C–C–N with tert-alkyl or cyclic N) is 1. The second-order valence-electron chi connectivity index (χ2n) is 23.4. The molecule has 82 heavy (non-hydrogen) atoms. The zero-order valence-electron chi connectivity index (χ0n) is 46.7. The van der Waals surface area contributed by atoms with Gasteiger partial charge in [-0.05, 0) is 118 Å². The molecule has 4 unspecified atom stereocenters. The molecule has 12 rings (SSSR count). The lowest BCUT2D eigenvalue weighted by atomic mass is 9.79. The Hall–Kier alpha value is -7.31. The Kier molecular flexibility index (Phi) is 15.6. The van der Waals surface area contributed by atoms with Crippen LogP contribution in [0.3, 0.4) is 0 Å². The van der Waals surface area contributed by atoms with E-state index in [1.807, 2.05) is 63.5 Å². The number of anilines is 2. The van der Waals surface area contributed by atoms with E-state index in [9.17, 15) is 19.8 Å². The van der Waals surface area contributed by atoms with Crippen LogP contribution in [0.1, 0.15) is 100 Å². The molecule has 2 bridgehead atoms. The summed E-state index contributed by atoms with van der Waals surface area (Å²) in [5.74, 6) is 2.27. The van der Waals surface area contributed by atoms with Gasteiger partial charge < -0.3 is 44.8 Å². The number of likely N-dealkylation sites (tertiary alicyclic amines) is 2. The molecule has 0 saturated carbocycles. The van der Waals surface area contributed by atoms with Crippen LogP contribution < -0.4 is 25.2 Å². The Balaban J connectivity index is 0.654. The summed E-state index contributed by atoms with van der Waals surface area (Å²) in [6, 6.07) is 14.9. The van der Waals surface area contributed by atoms with Gasteiger partial charge in [0, 0.05) is 81.0 Å². The van der Waals surface area contributed by atoms with Crippen molar-refractivity contribution < 1.29 is 37.8 Å². The van der Waals surface area contributed by atoms with Crippen LogP contribution in [0.25, 0.3) is 43.4 Å². The standard InChI is InChI=1S/C62H69F2N11O6S/c1-6-46-49(63)14-11-41-25-44(76)26-47(54(41)46)56-55(64)57-48(29-65-56)59(74-30-42-12-13-43(31-74)68-42)70-62(69-57)80-24-23-72-19-15-38(16-20-72)39-17-21-73(22-18-39)52-28-51(81-71-52)53(34(2)3)61(79)75-32-45(77)27-50(75)60(78)67-35(4)37-7-9-40(10-8-37)58-36(5)66-33-82-58/h1,7-11,14,25-26,28-29,33-35,38-39,42-43,45,50,53,68,76-77H,12-13,15-24,27,30-32H2,2-5H3,(H,67,78)/t35?,42?,43?,45-,50+,53?/m1/s1. The normalized spacial score (nSPS) is 21.6. The highest BCUT2D eigenvalue weighted by Gasteiger charge is 2.44. The summed E-state index contributed by atoms with van der Waals surface area (Å²) >= 11 is 1.59. The van der Waals surface area contributed by atoms with Gasteiger partial charge in [-0.3, -0.25) is 19.5 Å². The van der Waals surface area contributed by atoms with Crippen LogP contribution in [-0.2, 0) is 9.59 Å². The molecule has 7 aromatic rings. The molecule has 6 atom stereocenters. The van der Waals surface area contributed by atoms with E-state index >= 15 is 8.78 Å². The number of pyridine rings is 1. The van der Waals surface area contributed by atoms with Gasteiger partial charge >= 0.3 is 6.01 Å². The van der Waals surface area contributed by atoms with E-state index < -0.39 is 29.7 Å². The van der Waals surface area contributed by atoms with Crippen LogP contribution in [0.15, 0.2) is 70.8 Å². The minimum Gasteiger partial charge on any atom is -0.508 e. The number of nitrogens with zero attached hydrogens (tertiary/aromatic N) is 9. The number of rotatable bonds is 15. The molecule has 3 aromatic carbocycles. The molecule has 428 valence electrons. The average Bonchev–Trinajstić information content (AvgIpc) is 4.48. The number of halogens is 2. The monoisotopic (exact) mass is 1130 g/mol. The van der Waals surface area contributed by atoms with Gasteiger partial charge in [-0.2, -0.15) is 9.97 Å². The van der Waals surface area contributed by atoms with Crippen molar-refractivity contribution in [2.75, 3.05) is 68.8 Å². The molecule has 4 N–H and O–H groups in total. The third-order valence-corrected chi connectivity index (χ3v) is 18.8. The number of piperidine rings is 2. The van der Waals surface area contributed by atoms with E-state index in [0.29, 0.717) is 66.2 Å². The first-order valence-corrected chi connectivity index (χ1v) is 29.7. The number of carbonyl (C=O) groups excluding carboxylic acids is 2. The van der Waals surface area contributed by atoms with Gasteiger partial charge in [0.2, 0.25) is 11.8 Å². The number of phenols is 1. The number of aryl methyl sites for hydroxylation is 1. The van der Waals surface area contributed by atoms with Crippen LogP contribution in [0.2, 0.25) is 0 Å². The Morgan fingerprint density at radius 3 is 2.35 bits per heavy atom. The van der Waals surface area contributed by atoms with Gasteiger partial charge in [0.15, 0.2) is 17.4 Å². The number of terminal acetylenes is 1. The lowest BCUT2D eigenvalue weighted by molar-refractivity contribution is -0.141. The quantitative estimate of drug-likeness (QED) is 0.0711. The van der Waals surface area contributed by atoms with E-state index in [1.165, 1.54) is 29.2 Å². The molecule has 0 aliphatic carbocycles. The van der Waals surface area contributed by atoms with Crippen LogP contribution in [-0.4, -0.2) is 140 Å². The van der Waals surface area contributed by atoms with E-state index in [4.69, 9.17) is 20.7 Å². The van der Waals surface area contributed by atoms with E-state index in [1.54, 1.807) is 17.5 Å². The molecular weight excluding hydrogens is 1060 g/mol. The van der Waals surface area contributed by atoms with Crippen LogP contribution in [0, 0.1) is 48.7 Å². The predicted octanol–water partition coefficient (Wildman–Crippen LogP) is 8.76. The lowest BCUT2D eigenvalue weighted by Crippen LogP contribution is -2.51. The number of hydrogen-bond acceptors (Lipinski definition) is 16. The fraction of sp³-hybridized carbons (Fsp3) is 0.468. The summed E-state index contributed by atoms with van der Waals surface area (Å²) < 4.78 is 44.4. The number of thiazole rings is 1. The van der Waals surface area contributed by atoms with Gasteiger partial charge in [-0.1, -0.05) is 55.3 Å². The number of benzene rings is 3.